The molecule has 3 aromatic rings. The van der Waals surface area contributed by atoms with Gasteiger partial charge in [-0.2, -0.15) is 0 Å². The first kappa shape index (κ1) is 19.4. The van der Waals surface area contributed by atoms with Gasteiger partial charge in [0.15, 0.2) is 0 Å². The SMILES string of the molecule is O=C(NC[C@@H](c1ccccn1)N1CCOCC1)c1ccc(Cn2cccc2)cc1. The molecule has 6 heteroatoms. The Hall–Kier alpha value is -2.96. The second kappa shape index (κ2) is 9.49. The van der Waals surface area contributed by atoms with E-state index in [1.807, 2.05) is 67.0 Å². The fraction of sp³-hybridized carbons (Fsp3) is 0.304. The monoisotopic (exact) mass is 390 g/mol. The minimum Gasteiger partial charge on any atom is -0.379 e. The molecule has 29 heavy (non-hydrogen) atoms. The fourth-order valence-corrected chi connectivity index (χ4v) is 3.62. The van der Waals surface area contributed by atoms with Crippen LogP contribution in [0.1, 0.15) is 27.7 Å². The van der Waals surface area contributed by atoms with Gasteiger partial charge >= 0.3 is 0 Å². The predicted octanol–water partition coefficient (Wildman–Crippen LogP) is 2.73. The molecule has 150 valence electrons. The zero-order valence-electron chi connectivity index (χ0n) is 16.4. The summed E-state index contributed by atoms with van der Waals surface area (Å²) in [6, 6.07) is 17.8. The summed E-state index contributed by atoms with van der Waals surface area (Å²) in [5.41, 5.74) is 2.80. The fourth-order valence-electron chi connectivity index (χ4n) is 3.62. The molecule has 1 aliphatic heterocycles. The van der Waals surface area contributed by atoms with Gasteiger partial charge in [-0.25, -0.2) is 0 Å². The molecule has 1 N–H and O–H groups in total. The van der Waals surface area contributed by atoms with Gasteiger partial charge in [0.05, 0.1) is 24.9 Å². The van der Waals surface area contributed by atoms with Crippen molar-refractivity contribution in [3.05, 3.63) is 90.0 Å². The van der Waals surface area contributed by atoms with Crippen molar-refractivity contribution < 1.29 is 9.53 Å². The Balaban J connectivity index is 1.39. The average molecular weight is 390 g/mol. The first-order chi connectivity index (χ1) is 14.3. The summed E-state index contributed by atoms with van der Waals surface area (Å²) in [6.07, 6.45) is 5.86. The van der Waals surface area contributed by atoms with Crippen LogP contribution in [0, 0.1) is 0 Å². The van der Waals surface area contributed by atoms with Crippen LogP contribution in [0.3, 0.4) is 0 Å². The third-order valence-electron chi connectivity index (χ3n) is 5.22. The number of carbonyl (C=O) groups is 1. The van der Waals surface area contributed by atoms with Crippen LogP contribution >= 0.6 is 0 Å². The Morgan fingerprint density at radius 1 is 1.03 bits per heavy atom. The molecule has 0 unspecified atom stereocenters. The number of hydrogen-bond donors (Lipinski definition) is 1. The normalized spacial score (nSPS) is 15.7. The van der Waals surface area contributed by atoms with Gasteiger partial charge in [-0.1, -0.05) is 18.2 Å². The molecule has 1 aliphatic rings. The summed E-state index contributed by atoms with van der Waals surface area (Å²) in [4.78, 5) is 19.6. The highest BCUT2D eigenvalue weighted by Crippen LogP contribution is 2.19. The Labute approximate surface area is 171 Å². The topological polar surface area (TPSA) is 59.4 Å². The average Bonchev–Trinajstić information content (AvgIpc) is 3.29. The molecule has 0 bridgehead atoms. The predicted molar refractivity (Wildman–Crippen MR) is 112 cm³/mol. The van der Waals surface area contributed by atoms with Crippen LogP contribution in [0.25, 0.3) is 0 Å². The van der Waals surface area contributed by atoms with E-state index in [0.29, 0.717) is 25.3 Å². The van der Waals surface area contributed by atoms with Gasteiger partial charge in [-0.05, 0) is 42.0 Å². The van der Waals surface area contributed by atoms with Gasteiger partial charge in [0, 0.05) is 50.3 Å². The highest BCUT2D eigenvalue weighted by Gasteiger charge is 2.24. The van der Waals surface area contributed by atoms with Crippen molar-refractivity contribution in [3.63, 3.8) is 0 Å². The third kappa shape index (κ3) is 5.10. The number of carbonyl (C=O) groups excluding carboxylic acids is 1. The molecule has 3 heterocycles. The maximum Gasteiger partial charge on any atom is 0.251 e. The lowest BCUT2D eigenvalue weighted by atomic mass is 10.1. The zero-order valence-corrected chi connectivity index (χ0v) is 16.4. The summed E-state index contributed by atoms with van der Waals surface area (Å²) in [7, 11) is 0. The third-order valence-corrected chi connectivity index (χ3v) is 5.22. The minimum atomic E-state index is -0.0632. The molecule has 0 aliphatic carbocycles. The second-order valence-electron chi connectivity index (χ2n) is 7.18. The molecule has 0 radical (unpaired) electrons. The van der Waals surface area contributed by atoms with E-state index in [1.54, 1.807) is 6.20 Å². The van der Waals surface area contributed by atoms with Crippen LogP contribution in [0.15, 0.2) is 73.2 Å². The summed E-state index contributed by atoms with van der Waals surface area (Å²) < 4.78 is 7.58. The quantitative estimate of drug-likeness (QED) is 0.674. The number of benzene rings is 1. The lowest BCUT2D eigenvalue weighted by Crippen LogP contribution is -2.44. The lowest BCUT2D eigenvalue weighted by Gasteiger charge is -2.34. The summed E-state index contributed by atoms with van der Waals surface area (Å²) >= 11 is 0. The molecule has 0 spiro atoms. The molecule has 2 aromatic heterocycles. The van der Waals surface area contributed by atoms with Crippen LogP contribution in [0.4, 0.5) is 0 Å². The van der Waals surface area contributed by atoms with E-state index < -0.39 is 0 Å². The Bertz CT molecular complexity index is 888. The first-order valence-corrected chi connectivity index (χ1v) is 10.0. The van der Waals surface area contributed by atoms with Gasteiger partial charge < -0.3 is 14.6 Å². The molecular weight excluding hydrogens is 364 g/mol. The number of aromatic nitrogens is 2. The van der Waals surface area contributed by atoms with Crippen molar-refractivity contribution in [1.82, 2.24) is 19.8 Å². The summed E-state index contributed by atoms with van der Waals surface area (Å²) in [5, 5.41) is 3.09. The molecular formula is C23H26N4O2. The van der Waals surface area contributed by atoms with Crippen molar-refractivity contribution >= 4 is 5.91 Å². The van der Waals surface area contributed by atoms with Crippen molar-refractivity contribution in [2.24, 2.45) is 0 Å². The molecule has 1 saturated heterocycles. The number of hydrogen-bond acceptors (Lipinski definition) is 4. The molecule has 1 atom stereocenters. The number of nitrogens with one attached hydrogen (secondary N) is 1. The molecule has 0 saturated carbocycles. The van der Waals surface area contributed by atoms with E-state index in [4.69, 9.17) is 4.74 Å². The van der Waals surface area contributed by atoms with Crippen LogP contribution in [-0.2, 0) is 11.3 Å². The van der Waals surface area contributed by atoms with Crippen LogP contribution < -0.4 is 5.32 Å². The number of morpholine rings is 1. The number of rotatable bonds is 7. The smallest absolute Gasteiger partial charge is 0.251 e. The van der Waals surface area contributed by atoms with Gasteiger partial charge in [-0.3, -0.25) is 14.7 Å². The summed E-state index contributed by atoms with van der Waals surface area (Å²) in [6.45, 7) is 4.41. The molecule has 1 fully saturated rings. The van der Waals surface area contributed by atoms with Crippen molar-refractivity contribution in [3.8, 4) is 0 Å². The molecule has 1 aromatic carbocycles. The zero-order chi connectivity index (χ0) is 19.9. The van der Waals surface area contributed by atoms with Gasteiger partial charge in [0.25, 0.3) is 5.91 Å². The van der Waals surface area contributed by atoms with E-state index in [1.165, 1.54) is 0 Å². The van der Waals surface area contributed by atoms with Gasteiger partial charge in [0.1, 0.15) is 0 Å². The van der Waals surface area contributed by atoms with E-state index in [0.717, 1.165) is 30.9 Å². The maximum atomic E-state index is 12.7. The van der Waals surface area contributed by atoms with E-state index in [-0.39, 0.29) is 11.9 Å². The maximum absolute atomic E-state index is 12.7. The molecule has 6 nitrogen and oxygen atoms in total. The molecule has 1 amide bonds. The number of amides is 1. The van der Waals surface area contributed by atoms with Crippen molar-refractivity contribution in [1.29, 1.82) is 0 Å². The van der Waals surface area contributed by atoms with E-state index >= 15 is 0 Å². The van der Waals surface area contributed by atoms with Crippen molar-refractivity contribution in [2.75, 3.05) is 32.8 Å². The molecule has 4 rings (SSSR count). The van der Waals surface area contributed by atoms with Crippen LogP contribution in [-0.4, -0.2) is 53.2 Å². The largest absolute Gasteiger partial charge is 0.379 e. The van der Waals surface area contributed by atoms with Crippen LogP contribution in [0.5, 0.6) is 0 Å². The van der Waals surface area contributed by atoms with E-state index in [9.17, 15) is 4.79 Å². The number of ether oxygens (including phenoxy) is 1. The summed E-state index contributed by atoms with van der Waals surface area (Å²) in [5.74, 6) is -0.0632. The Kier molecular flexibility index (Phi) is 6.34. The first-order valence-electron chi connectivity index (χ1n) is 10.0. The second-order valence-corrected chi connectivity index (χ2v) is 7.18. The Morgan fingerprint density at radius 2 is 1.79 bits per heavy atom. The number of nitrogens with zero attached hydrogens (tertiary/aromatic N) is 3. The van der Waals surface area contributed by atoms with Gasteiger partial charge in [-0.15, -0.1) is 0 Å². The Morgan fingerprint density at radius 3 is 2.48 bits per heavy atom. The van der Waals surface area contributed by atoms with Gasteiger partial charge in [0.2, 0.25) is 0 Å². The standard InChI is InChI=1S/C23H26N4O2/c28-23(20-8-6-19(7-9-20)18-26-11-3-4-12-26)25-17-22(21-5-1-2-10-24-21)27-13-15-29-16-14-27/h1-12,22H,13-18H2,(H,25,28)/t22-/m0/s1. The minimum absolute atomic E-state index is 0.0389. The highest BCUT2D eigenvalue weighted by molar-refractivity contribution is 5.94. The number of pyridine rings is 1. The van der Waals surface area contributed by atoms with Crippen LogP contribution in [0.2, 0.25) is 0 Å². The lowest BCUT2D eigenvalue weighted by molar-refractivity contribution is 0.0154. The highest BCUT2D eigenvalue weighted by atomic mass is 16.5. The van der Waals surface area contributed by atoms with Crippen molar-refractivity contribution in [2.45, 2.75) is 12.6 Å². The van der Waals surface area contributed by atoms with E-state index in [2.05, 4.69) is 19.8 Å².